The van der Waals surface area contributed by atoms with E-state index in [-0.39, 0.29) is 0 Å². The average molecular weight is 222 g/mol. The second-order valence-corrected chi connectivity index (χ2v) is 3.32. The van der Waals surface area contributed by atoms with Gasteiger partial charge in [-0.2, -0.15) is 0 Å². The molecule has 1 atom stereocenters. The van der Waals surface area contributed by atoms with Crippen LogP contribution in [0.1, 0.15) is 19.3 Å². The molecule has 86 valence electrons. The summed E-state index contributed by atoms with van der Waals surface area (Å²) in [6.45, 7) is 6.61. The Balaban J connectivity index is 2.81. The molecule has 0 aromatic heterocycles. The summed E-state index contributed by atoms with van der Waals surface area (Å²) in [4.78, 5) is 23.1. The van der Waals surface area contributed by atoms with Crippen molar-refractivity contribution in [2.75, 3.05) is 0 Å². The first-order valence-corrected chi connectivity index (χ1v) is 5.04. The molecule has 0 radical (unpaired) electrons. The Hall–Kier alpha value is -1.84. The molecule has 0 saturated carbocycles. The zero-order valence-electron chi connectivity index (χ0n) is 8.98. The number of allylic oxidation sites excluding steroid dienone is 1. The minimum Gasteiger partial charge on any atom is -0.435 e. The summed E-state index contributed by atoms with van der Waals surface area (Å²) in [5.41, 5.74) is 0.345. The summed E-state index contributed by atoms with van der Waals surface area (Å²) in [7, 11) is 0. The molecule has 0 spiro atoms. The summed E-state index contributed by atoms with van der Waals surface area (Å²) in [6, 6.07) is 0. The van der Waals surface area contributed by atoms with Crippen LogP contribution in [0.15, 0.2) is 37.3 Å². The van der Waals surface area contributed by atoms with Crippen molar-refractivity contribution in [1.29, 1.82) is 0 Å². The largest absolute Gasteiger partial charge is 0.435 e. The van der Waals surface area contributed by atoms with Crippen LogP contribution in [0.25, 0.3) is 0 Å². The molecule has 1 rings (SSSR count). The molecule has 4 heteroatoms. The molecule has 0 aliphatic heterocycles. The number of rotatable bonds is 4. The number of carbonyl (C=O) groups is 2. The van der Waals surface area contributed by atoms with Gasteiger partial charge in [-0.15, -0.1) is 0 Å². The predicted octanol–water partition coefficient (Wildman–Crippen LogP) is 2.09. The molecule has 0 saturated heterocycles. The highest BCUT2D eigenvalue weighted by atomic mass is 16.5. The first kappa shape index (κ1) is 12.2. The number of ether oxygens (including phenoxy) is 2. The van der Waals surface area contributed by atoms with E-state index in [2.05, 4.69) is 17.9 Å². The van der Waals surface area contributed by atoms with Crippen LogP contribution in [0.5, 0.6) is 0 Å². The fraction of sp³-hybridized carbons (Fsp3) is 0.333. The van der Waals surface area contributed by atoms with Gasteiger partial charge in [0, 0.05) is 5.57 Å². The number of hydrogen-bond acceptors (Lipinski definition) is 4. The van der Waals surface area contributed by atoms with E-state index in [4.69, 9.17) is 4.74 Å². The van der Waals surface area contributed by atoms with Gasteiger partial charge in [0.25, 0.3) is 0 Å². The highest BCUT2D eigenvalue weighted by molar-refractivity contribution is 5.96. The molecular weight excluding hydrogens is 208 g/mol. The van der Waals surface area contributed by atoms with Crippen LogP contribution >= 0.6 is 0 Å². The summed E-state index contributed by atoms with van der Waals surface area (Å²) >= 11 is 0. The van der Waals surface area contributed by atoms with Crippen molar-refractivity contribution < 1.29 is 19.1 Å². The maximum absolute atomic E-state index is 11.5. The van der Waals surface area contributed by atoms with Gasteiger partial charge in [0.2, 0.25) is 0 Å². The molecule has 1 aliphatic carbocycles. The average Bonchev–Trinajstić information content (AvgIpc) is 2.30. The first-order chi connectivity index (χ1) is 7.70. The Bertz CT molecular complexity index is 341. The molecule has 0 aromatic rings. The van der Waals surface area contributed by atoms with Crippen molar-refractivity contribution in [2.45, 2.75) is 19.3 Å². The van der Waals surface area contributed by atoms with Crippen molar-refractivity contribution in [3.8, 4) is 0 Å². The number of esters is 2. The van der Waals surface area contributed by atoms with E-state index in [1.807, 2.05) is 0 Å². The van der Waals surface area contributed by atoms with Gasteiger partial charge in [0.05, 0.1) is 18.4 Å². The first-order valence-electron chi connectivity index (χ1n) is 5.04. The van der Waals surface area contributed by atoms with Gasteiger partial charge in [-0.3, -0.25) is 4.79 Å². The third kappa shape index (κ3) is 2.82. The summed E-state index contributed by atoms with van der Waals surface area (Å²) in [5.74, 6) is -1.57. The standard InChI is InChI=1S/C12H14O4/c1-3-15-11(13)9-7-5-6-8-10(9)12(14)16-4-2/h3-4,7,10H,1-2,5-6,8H2. The minimum atomic E-state index is -0.556. The molecule has 0 aromatic carbocycles. The fourth-order valence-corrected chi connectivity index (χ4v) is 1.66. The van der Waals surface area contributed by atoms with E-state index in [1.54, 1.807) is 6.08 Å². The molecule has 0 heterocycles. The second kappa shape index (κ2) is 5.90. The monoisotopic (exact) mass is 222 g/mol. The Morgan fingerprint density at radius 1 is 1.31 bits per heavy atom. The molecule has 0 bridgehead atoms. The predicted molar refractivity (Wildman–Crippen MR) is 58.0 cm³/mol. The van der Waals surface area contributed by atoms with Crippen molar-refractivity contribution in [3.05, 3.63) is 37.3 Å². The Labute approximate surface area is 94.2 Å². The summed E-state index contributed by atoms with van der Waals surface area (Å²) in [5, 5.41) is 0. The Kier molecular flexibility index (Phi) is 4.51. The van der Waals surface area contributed by atoms with Gasteiger partial charge in [-0.05, 0) is 19.3 Å². The SMILES string of the molecule is C=COC(=O)C1=CCCCC1C(=O)OC=C. The summed E-state index contributed by atoms with van der Waals surface area (Å²) < 4.78 is 9.35. The lowest BCUT2D eigenvalue weighted by Gasteiger charge is -2.19. The van der Waals surface area contributed by atoms with E-state index < -0.39 is 17.9 Å². The quantitative estimate of drug-likeness (QED) is 0.540. The number of carbonyl (C=O) groups excluding carboxylic acids is 2. The van der Waals surface area contributed by atoms with Gasteiger partial charge in [-0.25, -0.2) is 4.79 Å². The van der Waals surface area contributed by atoms with E-state index in [0.717, 1.165) is 25.4 Å². The maximum Gasteiger partial charge on any atom is 0.339 e. The van der Waals surface area contributed by atoms with Gasteiger partial charge in [-0.1, -0.05) is 19.2 Å². The lowest BCUT2D eigenvalue weighted by molar-refractivity contribution is -0.145. The van der Waals surface area contributed by atoms with Crippen molar-refractivity contribution >= 4 is 11.9 Å². The third-order valence-electron chi connectivity index (χ3n) is 2.35. The minimum absolute atomic E-state index is 0.345. The van der Waals surface area contributed by atoms with Gasteiger partial charge >= 0.3 is 11.9 Å². The van der Waals surface area contributed by atoms with Crippen LogP contribution in [0.4, 0.5) is 0 Å². The van der Waals surface area contributed by atoms with Crippen molar-refractivity contribution in [3.63, 3.8) is 0 Å². The van der Waals surface area contributed by atoms with Crippen molar-refractivity contribution in [2.24, 2.45) is 5.92 Å². The topological polar surface area (TPSA) is 52.6 Å². The molecule has 0 amide bonds. The molecular formula is C12H14O4. The Morgan fingerprint density at radius 2 is 2.00 bits per heavy atom. The maximum atomic E-state index is 11.5. The molecule has 0 fully saturated rings. The van der Waals surface area contributed by atoms with E-state index in [0.29, 0.717) is 12.0 Å². The summed E-state index contributed by atoms with van der Waals surface area (Å²) in [6.07, 6.45) is 6.03. The smallest absolute Gasteiger partial charge is 0.339 e. The van der Waals surface area contributed by atoms with Crippen LogP contribution < -0.4 is 0 Å². The van der Waals surface area contributed by atoms with Gasteiger partial charge < -0.3 is 9.47 Å². The zero-order valence-corrected chi connectivity index (χ0v) is 8.98. The van der Waals surface area contributed by atoms with Gasteiger partial charge in [0.1, 0.15) is 0 Å². The van der Waals surface area contributed by atoms with E-state index in [9.17, 15) is 9.59 Å². The highest BCUT2D eigenvalue weighted by Gasteiger charge is 2.31. The lowest BCUT2D eigenvalue weighted by atomic mass is 9.88. The van der Waals surface area contributed by atoms with E-state index in [1.165, 1.54) is 0 Å². The number of hydrogen-bond donors (Lipinski definition) is 0. The van der Waals surface area contributed by atoms with Crippen LogP contribution in [0.2, 0.25) is 0 Å². The molecule has 1 unspecified atom stereocenters. The van der Waals surface area contributed by atoms with Crippen LogP contribution in [-0.4, -0.2) is 11.9 Å². The Morgan fingerprint density at radius 3 is 2.62 bits per heavy atom. The molecule has 4 nitrogen and oxygen atoms in total. The zero-order chi connectivity index (χ0) is 12.0. The molecule has 16 heavy (non-hydrogen) atoms. The van der Waals surface area contributed by atoms with Gasteiger partial charge in [0.15, 0.2) is 0 Å². The fourth-order valence-electron chi connectivity index (χ4n) is 1.66. The van der Waals surface area contributed by atoms with Crippen molar-refractivity contribution in [1.82, 2.24) is 0 Å². The van der Waals surface area contributed by atoms with Crippen LogP contribution in [0.3, 0.4) is 0 Å². The van der Waals surface area contributed by atoms with Crippen LogP contribution in [-0.2, 0) is 19.1 Å². The van der Waals surface area contributed by atoms with E-state index >= 15 is 0 Å². The normalized spacial score (nSPS) is 19.2. The highest BCUT2D eigenvalue weighted by Crippen LogP contribution is 2.27. The van der Waals surface area contributed by atoms with Crippen LogP contribution in [0, 0.1) is 5.92 Å². The second-order valence-electron chi connectivity index (χ2n) is 3.32. The third-order valence-corrected chi connectivity index (χ3v) is 2.35. The molecule has 1 aliphatic rings. The molecule has 0 N–H and O–H groups in total. The lowest BCUT2D eigenvalue weighted by Crippen LogP contribution is -2.25.